The van der Waals surface area contributed by atoms with Crippen LogP contribution in [0.1, 0.15) is 23.3 Å². The Hall–Kier alpha value is -2.64. The summed E-state index contributed by atoms with van der Waals surface area (Å²) in [6.45, 7) is 1.74. The lowest BCUT2D eigenvalue weighted by Gasteiger charge is -2.20. The summed E-state index contributed by atoms with van der Waals surface area (Å²) < 4.78 is 40.1. The molecule has 0 radical (unpaired) electrons. The smallest absolute Gasteiger partial charge is 0.231 e. The molecule has 0 aliphatic carbocycles. The van der Waals surface area contributed by atoms with Crippen LogP contribution in [0.2, 0.25) is 0 Å². The Morgan fingerprint density at radius 3 is 2.39 bits per heavy atom. The van der Waals surface area contributed by atoms with E-state index in [1.807, 2.05) is 24.3 Å². The minimum absolute atomic E-state index is 0.0236. The summed E-state index contributed by atoms with van der Waals surface area (Å²) >= 11 is 0. The summed E-state index contributed by atoms with van der Waals surface area (Å²) in [5, 5.41) is 0. The Kier molecular flexibility index (Phi) is 3.61. The van der Waals surface area contributed by atoms with E-state index < -0.39 is 0 Å². The van der Waals surface area contributed by atoms with Gasteiger partial charge >= 0.3 is 0 Å². The SMILES string of the molecule is COc1c([C@H]2OC[C@H]3[C@@H]2CO[C@@H]3c2ccc3c(c2)OCO3)ccc2c1OCO2. The molecule has 6 rings (SSSR count). The summed E-state index contributed by atoms with van der Waals surface area (Å²) in [4.78, 5) is 0. The van der Waals surface area contributed by atoms with Gasteiger partial charge in [-0.1, -0.05) is 6.07 Å². The minimum atomic E-state index is -0.103. The molecule has 0 aromatic heterocycles. The molecule has 4 aliphatic rings. The van der Waals surface area contributed by atoms with Gasteiger partial charge in [-0.3, -0.25) is 0 Å². The molecule has 2 aromatic rings. The summed E-state index contributed by atoms with van der Waals surface area (Å²) in [6.07, 6.45) is -0.127. The third kappa shape index (κ3) is 2.29. The maximum absolute atomic E-state index is 6.24. The number of rotatable bonds is 3. The average molecular weight is 384 g/mol. The first-order valence-electron chi connectivity index (χ1n) is 9.42. The Bertz CT molecular complexity index is 927. The second kappa shape index (κ2) is 6.18. The summed E-state index contributed by atoms with van der Waals surface area (Å²) in [6, 6.07) is 9.94. The van der Waals surface area contributed by atoms with E-state index in [9.17, 15) is 0 Å². The molecule has 4 aliphatic heterocycles. The third-order valence-corrected chi connectivity index (χ3v) is 6.02. The first-order valence-corrected chi connectivity index (χ1v) is 9.42. The zero-order valence-electron chi connectivity index (χ0n) is 15.4. The summed E-state index contributed by atoms with van der Waals surface area (Å²) in [7, 11) is 1.65. The van der Waals surface area contributed by atoms with E-state index in [0.717, 1.165) is 22.6 Å². The van der Waals surface area contributed by atoms with Gasteiger partial charge in [0, 0.05) is 17.4 Å². The highest BCUT2D eigenvalue weighted by atomic mass is 16.7. The Labute approximate surface area is 162 Å². The lowest BCUT2D eigenvalue weighted by Crippen LogP contribution is -2.15. The number of hydrogen-bond donors (Lipinski definition) is 0. The van der Waals surface area contributed by atoms with E-state index in [2.05, 4.69) is 6.07 Å². The van der Waals surface area contributed by atoms with Gasteiger partial charge in [-0.2, -0.15) is 0 Å². The molecule has 146 valence electrons. The third-order valence-electron chi connectivity index (χ3n) is 6.02. The molecule has 2 saturated heterocycles. The number of ether oxygens (including phenoxy) is 7. The molecule has 7 heteroatoms. The van der Waals surface area contributed by atoms with Crippen LogP contribution in [-0.2, 0) is 9.47 Å². The minimum Gasteiger partial charge on any atom is -0.492 e. The van der Waals surface area contributed by atoms with Crippen molar-refractivity contribution < 1.29 is 33.2 Å². The zero-order valence-corrected chi connectivity index (χ0v) is 15.4. The molecule has 0 saturated carbocycles. The van der Waals surface area contributed by atoms with Gasteiger partial charge in [0.15, 0.2) is 23.0 Å². The Morgan fingerprint density at radius 2 is 1.50 bits per heavy atom. The largest absolute Gasteiger partial charge is 0.492 e. The zero-order chi connectivity index (χ0) is 18.7. The molecular weight excluding hydrogens is 364 g/mol. The van der Waals surface area contributed by atoms with Crippen LogP contribution in [0.3, 0.4) is 0 Å². The molecule has 28 heavy (non-hydrogen) atoms. The monoisotopic (exact) mass is 384 g/mol. The molecule has 7 nitrogen and oxygen atoms in total. The van der Waals surface area contributed by atoms with Crippen molar-refractivity contribution in [3.8, 4) is 28.7 Å². The van der Waals surface area contributed by atoms with Crippen molar-refractivity contribution in [2.24, 2.45) is 11.8 Å². The Balaban J connectivity index is 1.30. The van der Waals surface area contributed by atoms with Crippen LogP contribution in [0.15, 0.2) is 30.3 Å². The highest BCUT2D eigenvalue weighted by Crippen LogP contribution is 2.55. The van der Waals surface area contributed by atoms with Crippen LogP contribution in [0.25, 0.3) is 0 Å². The molecule has 0 bridgehead atoms. The normalized spacial score (nSPS) is 29.2. The van der Waals surface area contributed by atoms with Crippen LogP contribution >= 0.6 is 0 Å². The molecule has 4 atom stereocenters. The quantitative estimate of drug-likeness (QED) is 0.805. The first kappa shape index (κ1) is 16.3. The molecule has 0 unspecified atom stereocenters. The number of fused-ring (bicyclic) bond motifs is 3. The van der Waals surface area contributed by atoms with Crippen LogP contribution in [0.5, 0.6) is 28.7 Å². The van der Waals surface area contributed by atoms with Gasteiger partial charge in [-0.25, -0.2) is 0 Å². The standard InChI is InChI=1S/C21H20O7/c1-22-20-12(3-5-16-21(20)28-10-26-16)19-14-8-23-18(13(14)7-24-19)11-2-4-15-17(6-11)27-9-25-15/h2-6,13-14,18-19H,7-10H2,1H3/t13-,14-,18+,19+/m0/s1. The van der Waals surface area contributed by atoms with Gasteiger partial charge in [0.05, 0.1) is 32.5 Å². The second-order valence-electron chi connectivity index (χ2n) is 7.37. The van der Waals surface area contributed by atoms with Crippen molar-refractivity contribution in [1.82, 2.24) is 0 Å². The highest BCUT2D eigenvalue weighted by molar-refractivity contribution is 5.58. The summed E-state index contributed by atoms with van der Waals surface area (Å²) in [5.41, 5.74) is 2.08. The van der Waals surface area contributed by atoms with Gasteiger partial charge in [0.25, 0.3) is 0 Å². The van der Waals surface area contributed by atoms with Gasteiger partial charge in [-0.15, -0.1) is 0 Å². The molecule has 0 spiro atoms. The fourth-order valence-electron chi connectivity index (χ4n) is 4.70. The van der Waals surface area contributed by atoms with Gasteiger partial charge in [0.1, 0.15) is 0 Å². The molecule has 2 fully saturated rings. The van der Waals surface area contributed by atoms with E-state index in [1.165, 1.54) is 0 Å². The fourth-order valence-corrected chi connectivity index (χ4v) is 4.70. The van der Waals surface area contributed by atoms with Crippen LogP contribution in [0, 0.1) is 11.8 Å². The second-order valence-corrected chi connectivity index (χ2v) is 7.37. The molecular formula is C21H20O7. The molecule has 0 N–H and O–H groups in total. The van der Waals surface area contributed by atoms with Gasteiger partial charge in [0.2, 0.25) is 19.3 Å². The topological polar surface area (TPSA) is 64.6 Å². The van der Waals surface area contributed by atoms with E-state index in [-0.39, 0.29) is 37.6 Å². The highest BCUT2D eigenvalue weighted by Gasteiger charge is 2.49. The Morgan fingerprint density at radius 1 is 0.786 bits per heavy atom. The lowest BCUT2D eigenvalue weighted by molar-refractivity contribution is 0.0184. The fraction of sp³-hybridized carbons (Fsp3) is 0.429. The van der Waals surface area contributed by atoms with Crippen LogP contribution < -0.4 is 23.7 Å². The van der Waals surface area contributed by atoms with Crippen LogP contribution in [-0.4, -0.2) is 33.9 Å². The molecule has 4 heterocycles. The predicted octanol–water partition coefficient (Wildman–Crippen LogP) is 3.23. The number of methoxy groups -OCH3 is 1. The van der Waals surface area contributed by atoms with Crippen molar-refractivity contribution in [2.45, 2.75) is 12.2 Å². The van der Waals surface area contributed by atoms with Crippen LogP contribution in [0.4, 0.5) is 0 Å². The predicted molar refractivity (Wildman–Crippen MR) is 96.0 cm³/mol. The van der Waals surface area contributed by atoms with E-state index in [0.29, 0.717) is 30.5 Å². The van der Waals surface area contributed by atoms with E-state index in [1.54, 1.807) is 7.11 Å². The molecule has 0 amide bonds. The maximum Gasteiger partial charge on any atom is 0.231 e. The van der Waals surface area contributed by atoms with Crippen molar-refractivity contribution in [3.05, 3.63) is 41.5 Å². The number of hydrogen-bond acceptors (Lipinski definition) is 7. The molecule has 2 aromatic carbocycles. The van der Waals surface area contributed by atoms with Gasteiger partial charge < -0.3 is 33.2 Å². The first-order chi connectivity index (χ1) is 13.8. The van der Waals surface area contributed by atoms with E-state index >= 15 is 0 Å². The average Bonchev–Trinajstić information content (AvgIpc) is 3.49. The van der Waals surface area contributed by atoms with E-state index in [4.69, 9.17) is 33.2 Å². The van der Waals surface area contributed by atoms with Crippen molar-refractivity contribution >= 4 is 0 Å². The van der Waals surface area contributed by atoms with Crippen molar-refractivity contribution in [2.75, 3.05) is 33.9 Å². The summed E-state index contributed by atoms with van der Waals surface area (Å²) in [5.74, 6) is 4.10. The van der Waals surface area contributed by atoms with Gasteiger partial charge in [-0.05, 0) is 29.8 Å². The lowest BCUT2D eigenvalue weighted by atomic mass is 9.84. The maximum atomic E-state index is 6.24. The number of benzene rings is 2. The van der Waals surface area contributed by atoms with Crippen molar-refractivity contribution in [1.29, 1.82) is 0 Å². The van der Waals surface area contributed by atoms with Crippen molar-refractivity contribution in [3.63, 3.8) is 0 Å².